The van der Waals surface area contributed by atoms with Crippen LogP contribution in [0.25, 0.3) is 0 Å². The predicted molar refractivity (Wildman–Crippen MR) is 112 cm³/mol. The Morgan fingerprint density at radius 3 is 2.00 bits per heavy atom. The average Bonchev–Trinajstić information content (AvgIpc) is 2.70. The van der Waals surface area contributed by atoms with Crippen molar-refractivity contribution in [1.29, 1.82) is 0 Å². The third kappa shape index (κ3) is 9.27. The van der Waals surface area contributed by atoms with Crippen molar-refractivity contribution in [1.82, 2.24) is 0 Å². The molecule has 0 aromatic heterocycles. The summed E-state index contributed by atoms with van der Waals surface area (Å²) in [4.78, 5) is 0. The minimum Gasteiger partial charge on any atom is -0.478 e. The monoisotopic (exact) mass is 440 g/mol. The van der Waals surface area contributed by atoms with Gasteiger partial charge in [-0.2, -0.15) is 23.4 Å². The minimum atomic E-state index is -4.69. The lowest BCUT2D eigenvalue weighted by molar-refractivity contribution is -0.154. The molecule has 0 saturated carbocycles. The lowest BCUT2D eigenvalue weighted by atomic mass is 10.0. The predicted octanol–water partition coefficient (Wildman–Crippen LogP) is 6.87. The van der Waals surface area contributed by atoms with E-state index in [9.17, 15) is 22.0 Å². The molecule has 8 heteroatoms. The fourth-order valence-corrected chi connectivity index (χ4v) is 2.85. The van der Waals surface area contributed by atoms with Crippen LogP contribution < -0.4 is 4.74 Å². The van der Waals surface area contributed by atoms with Gasteiger partial charge in [0.25, 0.3) is 0 Å². The van der Waals surface area contributed by atoms with E-state index in [4.69, 9.17) is 0 Å². The van der Waals surface area contributed by atoms with Crippen molar-refractivity contribution in [3.8, 4) is 5.75 Å². The first-order valence-electron chi connectivity index (χ1n) is 10.1. The van der Waals surface area contributed by atoms with Crippen LogP contribution in [0.3, 0.4) is 0 Å². The van der Waals surface area contributed by atoms with Gasteiger partial charge in [0.05, 0.1) is 12.4 Å². The molecule has 0 unspecified atom stereocenters. The standard InChI is InChI=1S/C23H25F5N2O/c1-2-3-4-5-6-7-17-8-10-18(11-9-17)14-29-30-15-19-12-20(24)22(21(25)13-19)31-16-23(26,27)28/h8-15H,2-7,16H2,1H3. The summed E-state index contributed by atoms with van der Waals surface area (Å²) >= 11 is 0. The van der Waals surface area contributed by atoms with Gasteiger partial charge in [0, 0.05) is 5.56 Å². The molecule has 0 atom stereocenters. The van der Waals surface area contributed by atoms with Crippen molar-refractivity contribution < 1.29 is 26.7 Å². The third-order valence-electron chi connectivity index (χ3n) is 4.43. The maximum atomic E-state index is 13.8. The second-order valence-electron chi connectivity index (χ2n) is 7.11. The summed E-state index contributed by atoms with van der Waals surface area (Å²) in [5, 5.41) is 7.56. The van der Waals surface area contributed by atoms with Gasteiger partial charge in [0.15, 0.2) is 24.0 Å². The summed E-state index contributed by atoms with van der Waals surface area (Å²) in [6.45, 7) is 0.407. The molecule has 2 aromatic rings. The van der Waals surface area contributed by atoms with E-state index in [0.29, 0.717) is 0 Å². The number of unbranched alkanes of at least 4 members (excludes halogenated alkanes) is 4. The van der Waals surface area contributed by atoms with Gasteiger partial charge in [-0.05, 0) is 36.1 Å². The summed E-state index contributed by atoms with van der Waals surface area (Å²) in [5.74, 6) is -3.58. The summed E-state index contributed by atoms with van der Waals surface area (Å²) in [7, 11) is 0. The van der Waals surface area contributed by atoms with E-state index in [0.717, 1.165) is 36.8 Å². The summed E-state index contributed by atoms with van der Waals surface area (Å²) < 4.78 is 68.2. The Kier molecular flexibility index (Phi) is 9.62. The zero-order valence-electron chi connectivity index (χ0n) is 17.3. The van der Waals surface area contributed by atoms with E-state index < -0.39 is 30.2 Å². The number of hydrogen-bond donors (Lipinski definition) is 0. The quantitative estimate of drug-likeness (QED) is 0.162. The number of alkyl halides is 3. The number of hydrogen-bond acceptors (Lipinski definition) is 3. The lowest BCUT2D eigenvalue weighted by Crippen LogP contribution is -2.20. The Morgan fingerprint density at radius 2 is 1.42 bits per heavy atom. The Balaban J connectivity index is 1.88. The van der Waals surface area contributed by atoms with Crippen molar-refractivity contribution in [2.75, 3.05) is 6.61 Å². The number of benzene rings is 2. The first kappa shape index (κ1) is 24.5. The molecule has 31 heavy (non-hydrogen) atoms. The highest BCUT2D eigenvalue weighted by molar-refractivity contribution is 5.82. The fraction of sp³-hybridized carbons (Fsp3) is 0.391. The van der Waals surface area contributed by atoms with Gasteiger partial charge in [-0.1, -0.05) is 56.9 Å². The number of rotatable bonds is 11. The van der Waals surface area contributed by atoms with Gasteiger partial charge in [0.2, 0.25) is 0 Å². The molecular weight excluding hydrogens is 415 g/mol. The summed E-state index contributed by atoms with van der Waals surface area (Å²) in [6.07, 6.45) is 5.06. The van der Waals surface area contributed by atoms with Gasteiger partial charge < -0.3 is 4.74 Å². The molecular formula is C23H25F5N2O. The van der Waals surface area contributed by atoms with Crippen LogP contribution in [0.5, 0.6) is 5.75 Å². The third-order valence-corrected chi connectivity index (χ3v) is 4.43. The van der Waals surface area contributed by atoms with E-state index in [1.54, 1.807) is 0 Å². The molecule has 0 radical (unpaired) electrons. The first-order valence-corrected chi connectivity index (χ1v) is 10.1. The van der Waals surface area contributed by atoms with E-state index >= 15 is 0 Å². The van der Waals surface area contributed by atoms with Gasteiger partial charge in [-0.25, -0.2) is 8.78 Å². The van der Waals surface area contributed by atoms with Gasteiger partial charge in [0.1, 0.15) is 0 Å². The van der Waals surface area contributed by atoms with E-state index in [1.807, 2.05) is 24.3 Å². The Labute approximate surface area is 178 Å². The molecule has 0 aliphatic heterocycles. The van der Waals surface area contributed by atoms with E-state index in [1.165, 1.54) is 37.5 Å². The van der Waals surface area contributed by atoms with Crippen LogP contribution in [0.2, 0.25) is 0 Å². The Bertz CT molecular complexity index is 854. The second kappa shape index (κ2) is 12.2. The van der Waals surface area contributed by atoms with Crippen LogP contribution in [-0.2, 0) is 6.42 Å². The number of ether oxygens (including phenoxy) is 1. The molecule has 2 rings (SSSR count). The topological polar surface area (TPSA) is 34.0 Å². The van der Waals surface area contributed by atoms with Gasteiger partial charge in [-0.3, -0.25) is 0 Å². The first-order chi connectivity index (χ1) is 14.8. The largest absolute Gasteiger partial charge is 0.478 e. The van der Waals surface area contributed by atoms with Crippen LogP contribution in [0.1, 0.15) is 55.7 Å². The molecule has 0 spiro atoms. The smallest absolute Gasteiger partial charge is 0.422 e. The van der Waals surface area contributed by atoms with Crippen LogP contribution in [0.15, 0.2) is 46.6 Å². The zero-order chi connectivity index (χ0) is 22.7. The molecule has 2 aromatic carbocycles. The number of nitrogens with zero attached hydrogens (tertiary/aromatic N) is 2. The number of halogens is 5. The van der Waals surface area contributed by atoms with E-state index in [2.05, 4.69) is 21.9 Å². The van der Waals surface area contributed by atoms with Crippen LogP contribution >= 0.6 is 0 Å². The SMILES string of the molecule is CCCCCCCc1ccc(C=NN=Cc2cc(F)c(OCC(F)(F)F)c(F)c2)cc1. The highest BCUT2D eigenvalue weighted by Gasteiger charge is 2.29. The normalized spacial score (nSPS) is 12.2. The van der Waals surface area contributed by atoms with Crippen molar-refractivity contribution in [2.24, 2.45) is 10.2 Å². The molecule has 0 fully saturated rings. The highest BCUT2D eigenvalue weighted by atomic mass is 19.4. The summed E-state index contributed by atoms with van der Waals surface area (Å²) in [6, 6.07) is 9.51. The van der Waals surface area contributed by atoms with Gasteiger partial charge >= 0.3 is 6.18 Å². The minimum absolute atomic E-state index is 0.00456. The van der Waals surface area contributed by atoms with Crippen molar-refractivity contribution in [3.05, 3.63) is 64.7 Å². The van der Waals surface area contributed by atoms with Crippen LogP contribution in [0.4, 0.5) is 22.0 Å². The average molecular weight is 440 g/mol. The molecule has 0 heterocycles. The lowest BCUT2D eigenvalue weighted by Gasteiger charge is -2.10. The van der Waals surface area contributed by atoms with Crippen molar-refractivity contribution in [2.45, 2.75) is 51.6 Å². The molecule has 0 aliphatic carbocycles. The van der Waals surface area contributed by atoms with Crippen molar-refractivity contribution >= 4 is 12.4 Å². The van der Waals surface area contributed by atoms with Gasteiger partial charge in [-0.15, -0.1) is 0 Å². The molecule has 0 aliphatic rings. The molecule has 168 valence electrons. The Hall–Kier alpha value is -2.77. The summed E-state index contributed by atoms with van der Waals surface area (Å²) in [5.41, 5.74) is 2.07. The maximum Gasteiger partial charge on any atom is 0.422 e. The molecule has 0 N–H and O–H groups in total. The second-order valence-corrected chi connectivity index (χ2v) is 7.11. The molecule has 0 amide bonds. The molecule has 0 bridgehead atoms. The molecule has 0 saturated heterocycles. The maximum absolute atomic E-state index is 13.8. The molecule has 3 nitrogen and oxygen atoms in total. The fourth-order valence-electron chi connectivity index (χ4n) is 2.85. The van der Waals surface area contributed by atoms with E-state index in [-0.39, 0.29) is 5.56 Å². The van der Waals surface area contributed by atoms with Crippen molar-refractivity contribution in [3.63, 3.8) is 0 Å². The highest BCUT2D eigenvalue weighted by Crippen LogP contribution is 2.25. The number of aryl methyl sites for hydroxylation is 1. The van der Waals surface area contributed by atoms with Crippen LogP contribution in [0, 0.1) is 11.6 Å². The zero-order valence-corrected chi connectivity index (χ0v) is 17.3. The Morgan fingerprint density at radius 1 is 0.839 bits per heavy atom. The van der Waals surface area contributed by atoms with Crippen LogP contribution in [-0.4, -0.2) is 25.2 Å².